The minimum atomic E-state index is -0.224. The van der Waals surface area contributed by atoms with Crippen LogP contribution in [-0.2, 0) is 5.41 Å². The summed E-state index contributed by atoms with van der Waals surface area (Å²) >= 11 is 0. The lowest BCUT2D eigenvalue weighted by atomic mass is 9.88. The van der Waals surface area contributed by atoms with E-state index in [4.69, 9.17) is 4.52 Å². The summed E-state index contributed by atoms with van der Waals surface area (Å²) in [7, 11) is 0. The molecule has 1 amide bonds. The lowest BCUT2D eigenvalue weighted by Crippen LogP contribution is -2.49. The molecule has 0 unspecified atom stereocenters. The molecule has 0 radical (unpaired) electrons. The predicted molar refractivity (Wildman–Crippen MR) is 92.3 cm³/mol. The third-order valence-electron chi connectivity index (χ3n) is 4.33. The van der Waals surface area contributed by atoms with Gasteiger partial charge in [-0.15, -0.1) is 0 Å². The van der Waals surface area contributed by atoms with Crippen molar-refractivity contribution < 1.29 is 9.32 Å². The maximum atomic E-state index is 13.0. The Bertz CT molecular complexity index is 710. The van der Waals surface area contributed by atoms with Gasteiger partial charge in [0.1, 0.15) is 22.8 Å². The van der Waals surface area contributed by atoms with Crippen LogP contribution in [0, 0.1) is 6.92 Å². The lowest BCUT2D eigenvalue weighted by molar-refractivity contribution is 0.0742. The molecule has 1 fully saturated rings. The first-order valence-electron chi connectivity index (χ1n) is 8.30. The van der Waals surface area contributed by atoms with E-state index in [-0.39, 0.29) is 11.3 Å². The monoisotopic (exact) mass is 328 g/mol. The number of pyridine rings is 1. The highest BCUT2D eigenvalue weighted by atomic mass is 16.5. The summed E-state index contributed by atoms with van der Waals surface area (Å²) in [5.74, 6) is 1.57. The molecule has 0 aliphatic carbocycles. The van der Waals surface area contributed by atoms with Gasteiger partial charge in [0.25, 0.3) is 5.91 Å². The molecule has 0 saturated carbocycles. The highest BCUT2D eigenvalue weighted by Crippen LogP contribution is 2.28. The molecule has 3 heterocycles. The van der Waals surface area contributed by atoms with Crippen molar-refractivity contribution in [3.05, 3.63) is 41.4 Å². The molecule has 128 valence electrons. The van der Waals surface area contributed by atoms with Crippen LogP contribution < -0.4 is 4.90 Å². The van der Waals surface area contributed by atoms with E-state index in [2.05, 4.69) is 15.0 Å². The van der Waals surface area contributed by atoms with Gasteiger partial charge in [0.15, 0.2) is 0 Å². The Morgan fingerprint density at radius 2 is 1.88 bits per heavy atom. The van der Waals surface area contributed by atoms with Gasteiger partial charge in [-0.05, 0) is 19.1 Å². The van der Waals surface area contributed by atoms with Gasteiger partial charge < -0.3 is 14.3 Å². The Hall–Kier alpha value is -2.37. The van der Waals surface area contributed by atoms with Crippen molar-refractivity contribution in [3.8, 4) is 0 Å². The predicted octanol–water partition coefficient (Wildman–Crippen LogP) is 2.64. The van der Waals surface area contributed by atoms with Crippen LogP contribution in [0.15, 0.2) is 28.9 Å². The molecule has 1 aliphatic heterocycles. The van der Waals surface area contributed by atoms with Crippen molar-refractivity contribution in [3.63, 3.8) is 0 Å². The standard InChI is InChI=1S/C18H24N4O2/c1-13-15(16(20-24-13)18(2,3)4)17(23)22-11-9-21(10-12-22)14-7-5-6-8-19-14/h5-8H,9-12H2,1-4H3. The topological polar surface area (TPSA) is 62.5 Å². The first kappa shape index (κ1) is 16.5. The van der Waals surface area contributed by atoms with E-state index in [0.29, 0.717) is 24.4 Å². The third-order valence-corrected chi connectivity index (χ3v) is 4.33. The summed E-state index contributed by atoms with van der Waals surface area (Å²) in [6.07, 6.45) is 1.79. The molecule has 0 atom stereocenters. The van der Waals surface area contributed by atoms with Crippen LogP contribution in [0.4, 0.5) is 5.82 Å². The first-order valence-corrected chi connectivity index (χ1v) is 8.30. The molecule has 24 heavy (non-hydrogen) atoms. The molecule has 0 aromatic carbocycles. The molecule has 1 saturated heterocycles. The Balaban J connectivity index is 1.74. The minimum absolute atomic E-state index is 0.0133. The molecule has 0 N–H and O–H groups in total. The van der Waals surface area contributed by atoms with Crippen molar-refractivity contribution in [2.75, 3.05) is 31.1 Å². The fraction of sp³-hybridized carbons (Fsp3) is 0.500. The summed E-state index contributed by atoms with van der Waals surface area (Å²) in [4.78, 5) is 21.5. The van der Waals surface area contributed by atoms with Crippen LogP contribution in [0.1, 0.15) is 42.6 Å². The quantitative estimate of drug-likeness (QED) is 0.848. The first-order chi connectivity index (χ1) is 11.4. The van der Waals surface area contributed by atoms with Gasteiger partial charge in [0, 0.05) is 37.8 Å². The van der Waals surface area contributed by atoms with Gasteiger partial charge >= 0.3 is 0 Å². The maximum Gasteiger partial charge on any atom is 0.259 e. The Kier molecular flexibility index (Phi) is 4.30. The molecule has 6 nitrogen and oxygen atoms in total. The average molecular weight is 328 g/mol. The van der Waals surface area contributed by atoms with E-state index in [0.717, 1.165) is 24.6 Å². The number of amides is 1. The molecule has 6 heteroatoms. The smallest absolute Gasteiger partial charge is 0.259 e. The highest BCUT2D eigenvalue weighted by molar-refractivity contribution is 5.96. The Morgan fingerprint density at radius 3 is 2.46 bits per heavy atom. The van der Waals surface area contributed by atoms with Crippen LogP contribution in [0.2, 0.25) is 0 Å². The number of anilines is 1. The zero-order valence-corrected chi connectivity index (χ0v) is 14.7. The van der Waals surface area contributed by atoms with Gasteiger partial charge in [0.05, 0.1) is 0 Å². The summed E-state index contributed by atoms with van der Waals surface area (Å²) in [6, 6.07) is 5.89. The van der Waals surface area contributed by atoms with Crippen molar-refractivity contribution >= 4 is 11.7 Å². The summed E-state index contributed by atoms with van der Waals surface area (Å²) < 4.78 is 5.31. The largest absolute Gasteiger partial charge is 0.361 e. The number of aryl methyl sites for hydroxylation is 1. The van der Waals surface area contributed by atoms with Gasteiger partial charge in [0.2, 0.25) is 0 Å². The van der Waals surface area contributed by atoms with Crippen LogP contribution in [-0.4, -0.2) is 47.1 Å². The van der Waals surface area contributed by atoms with Crippen molar-refractivity contribution in [1.82, 2.24) is 15.0 Å². The fourth-order valence-corrected chi connectivity index (χ4v) is 2.97. The van der Waals surface area contributed by atoms with Crippen LogP contribution in [0.25, 0.3) is 0 Å². The van der Waals surface area contributed by atoms with E-state index in [1.54, 1.807) is 13.1 Å². The van der Waals surface area contributed by atoms with Gasteiger partial charge in [-0.25, -0.2) is 4.98 Å². The average Bonchev–Trinajstić information content (AvgIpc) is 2.97. The lowest BCUT2D eigenvalue weighted by Gasteiger charge is -2.35. The maximum absolute atomic E-state index is 13.0. The second-order valence-electron chi connectivity index (χ2n) is 7.18. The number of carbonyl (C=O) groups excluding carboxylic acids is 1. The van der Waals surface area contributed by atoms with Crippen LogP contribution >= 0.6 is 0 Å². The zero-order chi connectivity index (χ0) is 17.3. The van der Waals surface area contributed by atoms with Crippen molar-refractivity contribution in [1.29, 1.82) is 0 Å². The normalized spacial score (nSPS) is 15.7. The Labute approximate surface area is 142 Å². The second kappa shape index (κ2) is 6.26. The van der Waals surface area contributed by atoms with Crippen molar-refractivity contribution in [2.24, 2.45) is 0 Å². The van der Waals surface area contributed by atoms with E-state index >= 15 is 0 Å². The SMILES string of the molecule is Cc1onc(C(C)(C)C)c1C(=O)N1CCN(c2ccccn2)CC1. The summed E-state index contributed by atoms with van der Waals surface area (Å²) in [6.45, 7) is 10.8. The van der Waals surface area contributed by atoms with Gasteiger partial charge in [-0.3, -0.25) is 4.79 Å². The molecule has 0 spiro atoms. The number of rotatable bonds is 2. The number of aromatic nitrogens is 2. The number of carbonyl (C=O) groups is 1. The van der Waals surface area contributed by atoms with E-state index in [1.165, 1.54) is 0 Å². The third kappa shape index (κ3) is 3.13. The summed E-state index contributed by atoms with van der Waals surface area (Å²) in [5.41, 5.74) is 1.13. The van der Waals surface area contributed by atoms with E-state index in [9.17, 15) is 4.79 Å². The van der Waals surface area contributed by atoms with Gasteiger partial charge in [-0.2, -0.15) is 0 Å². The second-order valence-corrected chi connectivity index (χ2v) is 7.18. The minimum Gasteiger partial charge on any atom is -0.361 e. The van der Waals surface area contributed by atoms with E-state index in [1.807, 2.05) is 43.9 Å². The van der Waals surface area contributed by atoms with E-state index < -0.39 is 0 Å². The summed E-state index contributed by atoms with van der Waals surface area (Å²) in [5, 5.41) is 4.12. The molecule has 0 bridgehead atoms. The molecular formula is C18H24N4O2. The Morgan fingerprint density at radius 1 is 1.17 bits per heavy atom. The molecule has 2 aromatic heterocycles. The van der Waals surface area contributed by atoms with Crippen LogP contribution in [0.5, 0.6) is 0 Å². The highest BCUT2D eigenvalue weighted by Gasteiger charge is 2.32. The molecule has 1 aliphatic rings. The zero-order valence-electron chi connectivity index (χ0n) is 14.7. The number of hydrogen-bond acceptors (Lipinski definition) is 5. The fourth-order valence-electron chi connectivity index (χ4n) is 2.97. The molecular weight excluding hydrogens is 304 g/mol. The number of hydrogen-bond donors (Lipinski definition) is 0. The van der Waals surface area contributed by atoms with Crippen molar-refractivity contribution in [2.45, 2.75) is 33.1 Å². The molecule has 3 rings (SSSR count). The number of nitrogens with zero attached hydrogens (tertiary/aromatic N) is 4. The number of piperazine rings is 1. The van der Waals surface area contributed by atoms with Gasteiger partial charge in [-0.1, -0.05) is 32.0 Å². The van der Waals surface area contributed by atoms with Crippen LogP contribution in [0.3, 0.4) is 0 Å². The molecule has 2 aromatic rings.